The first-order valence-corrected chi connectivity index (χ1v) is 4.63. The van der Waals surface area contributed by atoms with Gasteiger partial charge >= 0.3 is 5.97 Å². The van der Waals surface area contributed by atoms with Gasteiger partial charge < -0.3 is 5.11 Å². The molecule has 0 bridgehead atoms. The Hall–Kier alpha value is -2.23. The van der Waals surface area contributed by atoms with Gasteiger partial charge in [0.05, 0.1) is 5.69 Å². The van der Waals surface area contributed by atoms with Crippen LogP contribution in [0.2, 0.25) is 0 Å². The third-order valence-corrected chi connectivity index (χ3v) is 2.08. The van der Waals surface area contributed by atoms with Gasteiger partial charge in [0, 0.05) is 17.7 Å². The molecule has 2 aromatic rings. The Bertz CT molecular complexity index is 526. The molecular formula is C12H8FNO2. The second kappa shape index (κ2) is 4.10. The van der Waals surface area contributed by atoms with Gasteiger partial charge in [-0.25, -0.2) is 14.2 Å². The van der Waals surface area contributed by atoms with Gasteiger partial charge in [-0.2, -0.15) is 0 Å². The Morgan fingerprint density at radius 1 is 1.19 bits per heavy atom. The van der Waals surface area contributed by atoms with Crippen LogP contribution >= 0.6 is 0 Å². The molecule has 1 heterocycles. The van der Waals surface area contributed by atoms with Crippen molar-refractivity contribution < 1.29 is 14.3 Å². The summed E-state index contributed by atoms with van der Waals surface area (Å²) in [6, 6.07) is 11.0. The minimum atomic E-state index is -1.24. The number of hydrogen-bond donors (Lipinski definition) is 1. The molecule has 0 saturated heterocycles. The average molecular weight is 217 g/mol. The van der Waals surface area contributed by atoms with Crippen LogP contribution in [0, 0.1) is 5.82 Å². The lowest BCUT2D eigenvalue weighted by Gasteiger charge is -2.02. The van der Waals surface area contributed by atoms with Crippen LogP contribution < -0.4 is 0 Å². The molecule has 1 aromatic carbocycles. The molecule has 16 heavy (non-hydrogen) atoms. The highest BCUT2D eigenvalue weighted by atomic mass is 19.1. The number of rotatable bonds is 2. The van der Waals surface area contributed by atoms with Gasteiger partial charge in [0.25, 0.3) is 0 Å². The van der Waals surface area contributed by atoms with Crippen LogP contribution in [0.4, 0.5) is 4.39 Å². The first-order chi connectivity index (χ1) is 7.66. The van der Waals surface area contributed by atoms with E-state index in [1.165, 1.54) is 6.07 Å². The fraction of sp³-hybridized carbons (Fsp3) is 0. The average Bonchev–Trinajstić information content (AvgIpc) is 2.29. The van der Waals surface area contributed by atoms with E-state index in [1.54, 1.807) is 24.3 Å². The summed E-state index contributed by atoms with van der Waals surface area (Å²) < 4.78 is 13.2. The Morgan fingerprint density at radius 3 is 2.50 bits per heavy atom. The van der Waals surface area contributed by atoms with Crippen LogP contribution in [0.5, 0.6) is 0 Å². The van der Waals surface area contributed by atoms with E-state index in [0.29, 0.717) is 11.3 Å². The summed E-state index contributed by atoms with van der Waals surface area (Å²) >= 11 is 0. The summed E-state index contributed by atoms with van der Waals surface area (Å²) in [4.78, 5) is 14.6. The second-order valence-electron chi connectivity index (χ2n) is 3.23. The van der Waals surface area contributed by atoms with E-state index in [4.69, 9.17) is 5.11 Å². The molecule has 0 aliphatic heterocycles. The third-order valence-electron chi connectivity index (χ3n) is 2.08. The molecule has 2 rings (SSSR count). The molecule has 0 radical (unpaired) electrons. The van der Waals surface area contributed by atoms with Crippen LogP contribution in [-0.4, -0.2) is 16.1 Å². The van der Waals surface area contributed by atoms with Gasteiger partial charge in [-0.1, -0.05) is 30.3 Å². The predicted molar refractivity (Wildman–Crippen MR) is 56.6 cm³/mol. The number of pyridine rings is 1. The molecule has 0 unspecified atom stereocenters. The molecule has 1 aromatic heterocycles. The maximum absolute atomic E-state index is 13.2. The number of benzene rings is 1. The topological polar surface area (TPSA) is 50.2 Å². The molecule has 0 atom stereocenters. The number of aromatic carboxylic acids is 1. The molecule has 0 saturated carbocycles. The van der Waals surface area contributed by atoms with E-state index < -0.39 is 11.8 Å². The number of carbonyl (C=O) groups is 1. The molecule has 0 fully saturated rings. The third kappa shape index (κ3) is 2.06. The normalized spacial score (nSPS) is 10.1. The van der Waals surface area contributed by atoms with E-state index in [0.717, 1.165) is 6.07 Å². The Morgan fingerprint density at radius 2 is 1.88 bits per heavy atom. The lowest BCUT2D eigenvalue weighted by Crippen LogP contribution is -2.02. The van der Waals surface area contributed by atoms with Crippen molar-refractivity contribution >= 4 is 5.97 Å². The van der Waals surface area contributed by atoms with Crippen molar-refractivity contribution in [2.75, 3.05) is 0 Å². The maximum atomic E-state index is 13.2. The molecule has 4 heteroatoms. The van der Waals surface area contributed by atoms with Crippen LogP contribution in [0.15, 0.2) is 42.5 Å². The quantitative estimate of drug-likeness (QED) is 0.841. The van der Waals surface area contributed by atoms with Crippen LogP contribution in [0.1, 0.15) is 10.5 Å². The van der Waals surface area contributed by atoms with Crippen molar-refractivity contribution in [3.05, 3.63) is 54.0 Å². The summed E-state index contributed by atoms with van der Waals surface area (Å²) in [5.41, 5.74) is 0.710. The van der Waals surface area contributed by atoms with Crippen molar-refractivity contribution in [2.24, 2.45) is 0 Å². The van der Waals surface area contributed by atoms with Gasteiger partial charge in [0.1, 0.15) is 5.82 Å². The fourth-order valence-electron chi connectivity index (χ4n) is 1.36. The van der Waals surface area contributed by atoms with Crippen molar-refractivity contribution in [3.8, 4) is 11.3 Å². The van der Waals surface area contributed by atoms with Gasteiger partial charge in [0.15, 0.2) is 5.69 Å². The Kier molecular flexibility index (Phi) is 2.64. The Labute approximate surface area is 91.2 Å². The van der Waals surface area contributed by atoms with Gasteiger partial charge in [-0.3, -0.25) is 0 Å². The summed E-state index contributed by atoms with van der Waals surface area (Å²) in [6.45, 7) is 0. The molecule has 0 spiro atoms. The molecule has 0 aliphatic rings. The second-order valence-corrected chi connectivity index (χ2v) is 3.23. The molecular weight excluding hydrogens is 209 g/mol. The van der Waals surface area contributed by atoms with E-state index in [2.05, 4.69) is 4.98 Å². The zero-order valence-electron chi connectivity index (χ0n) is 8.22. The summed E-state index contributed by atoms with van der Waals surface area (Å²) in [7, 11) is 0. The van der Waals surface area contributed by atoms with Crippen molar-refractivity contribution in [2.45, 2.75) is 0 Å². The predicted octanol–water partition coefficient (Wildman–Crippen LogP) is 2.59. The molecule has 0 aliphatic carbocycles. The lowest BCUT2D eigenvalue weighted by atomic mass is 10.1. The number of aromatic nitrogens is 1. The zero-order chi connectivity index (χ0) is 11.5. The number of halogens is 1. The van der Waals surface area contributed by atoms with E-state index in [9.17, 15) is 9.18 Å². The summed E-state index contributed by atoms with van der Waals surface area (Å²) in [6.07, 6.45) is 0. The largest absolute Gasteiger partial charge is 0.477 e. The monoisotopic (exact) mass is 217 g/mol. The van der Waals surface area contributed by atoms with E-state index >= 15 is 0 Å². The minimum absolute atomic E-state index is 0.293. The lowest BCUT2D eigenvalue weighted by molar-refractivity contribution is 0.0690. The summed E-state index contributed by atoms with van der Waals surface area (Å²) in [5, 5.41) is 8.75. The van der Waals surface area contributed by atoms with E-state index in [-0.39, 0.29) is 5.69 Å². The fourth-order valence-corrected chi connectivity index (χ4v) is 1.36. The van der Waals surface area contributed by atoms with Crippen LogP contribution in [0.3, 0.4) is 0 Å². The van der Waals surface area contributed by atoms with Crippen molar-refractivity contribution in [1.29, 1.82) is 0 Å². The first kappa shape index (κ1) is 10.3. The first-order valence-electron chi connectivity index (χ1n) is 4.63. The maximum Gasteiger partial charge on any atom is 0.354 e. The number of nitrogens with zero attached hydrogens (tertiary/aromatic N) is 1. The molecule has 3 nitrogen and oxygen atoms in total. The Balaban J connectivity index is 2.54. The molecule has 80 valence electrons. The smallest absolute Gasteiger partial charge is 0.354 e. The number of hydrogen-bond acceptors (Lipinski definition) is 2. The van der Waals surface area contributed by atoms with E-state index in [1.807, 2.05) is 6.07 Å². The zero-order valence-corrected chi connectivity index (χ0v) is 8.22. The van der Waals surface area contributed by atoms with Crippen LogP contribution in [-0.2, 0) is 0 Å². The SMILES string of the molecule is O=C(O)c1cc(F)cc(-c2ccccc2)n1. The number of carboxylic acids is 1. The summed E-state index contributed by atoms with van der Waals surface area (Å²) in [5.74, 6) is -1.84. The molecule has 1 N–H and O–H groups in total. The highest BCUT2D eigenvalue weighted by Crippen LogP contribution is 2.18. The minimum Gasteiger partial charge on any atom is -0.477 e. The van der Waals surface area contributed by atoms with Gasteiger partial charge in [-0.15, -0.1) is 0 Å². The molecule has 0 amide bonds. The standard InChI is InChI=1S/C12H8FNO2/c13-9-6-10(8-4-2-1-3-5-8)14-11(7-9)12(15)16/h1-7H,(H,15,16). The van der Waals surface area contributed by atoms with Crippen molar-refractivity contribution in [1.82, 2.24) is 4.98 Å². The number of carboxylic acid groups (broad SMARTS) is 1. The highest BCUT2D eigenvalue weighted by Gasteiger charge is 2.09. The van der Waals surface area contributed by atoms with Gasteiger partial charge in [-0.05, 0) is 0 Å². The highest BCUT2D eigenvalue weighted by molar-refractivity contribution is 5.86. The van der Waals surface area contributed by atoms with Gasteiger partial charge in [0.2, 0.25) is 0 Å². The van der Waals surface area contributed by atoms with Crippen LogP contribution in [0.25, 0.3) is 11.3 Å². The van der Waals surface area contributed by atoms with Crippen molar-refractivity contribution in [3.63, 3.8) is 0 Å².